The topological polar surface area (TPSA) is 83.1 Å². The number of piperazine rings is 2. The van der Waals surface area contributed by atoms with Crippen LogP contribution in [0.3, 0.4) is 0 Å². The van der Waals surface area contributed by atoms with E-state index >= 15 is 0 Å². The van der Waals surface area contributed by atoms with Gasteiger partial charge in [-0.15, -0.1) is 0 Å². The fraction of sp³-hybridized carbons (Fsp3) is 0.417. The van der Waals surface area contributed by atoms with Gasteiger partial charge in [0.05, 0.1) is 0 Å². The smallest absolute Gasteiger partial charge is 0.410 e. The van der Waals surface area contributed by atoms with Crippen molar-refractivity contribution >= 4 is 12.2 Å². The van der Waals surface area contributed by atoms with Gasteiger partial charge in [0.1, 0.15) is 13.2 Å². The Labute approximate surface area is 189 Å². The maximum atomic E-state index is 11.6. The number of amides is 2. The van der Waals surface area contributed by atoms with Crippen molar-refractivity contribution in [1.82, 2.24) is 20.4 Å². The predicted molar refractivity (Wildman–Crippen MR) is 122 cm³/mol. The molecule has 8 heteroatoms. The van der Waals surface area contributed by atoms with Crippen molar-refractivity contribution in [1.29, 1.82) is 0 Å². The minimum atomic E-state index is -0.217. The van der Waals surface area contributed by atoms with Crippen LogP contribution in [0.2, 0.25) is 0 Å². The van der Waals surface area contributed by atoms with E-state index in [2.05, 4.69) is 10.6 Å². The Morgan fingerprint density at radius 2 is 0.969 bits per heavy atom. The first-order valence-corrected chi connectivity index (χ1v) is 11.0. The summed E-state index contributed by atoms with van der Waals surface area (Å²) in [6.45, 7) is 7.01. The molecule has 2 aliphatic heterocycles. The molecule has 0 bridgehead atoms. The molecule has 0 saturated carbocycles. The molecule has 2 N–H and O–H groups in total. The summed E-state index contributed by atoms with van der Waals surface area (Å²) in [7, 11) is 0. The first-order valence-electron chi connectivity index (χ1n) is 11.0. The summed E-state index contributed by atoms with van der Waals surface area (Å²) in [4.78, 5) is 26.8. The van der Waals surface area contributed by atoms with Crippen molar-refractivity contribution in [3.8, 4) is 0 Å². The molecule has 0 aliphatic carbocycles. The summed E-state index contributed by atoms with van der Waals surface area (Å²) in [5, 5.41) is 6.39. The molecule has 0 spiro atoms. The second-order valence-electron chi connectivity index (χ2n) is 7.55. The van der Waals surface area contributed by atoms with Crippen molar-refractivity contribution in [2.45, 2.75) is 13.2 Å². The molecule has 2 amide bonds. The number of ether oxygens (including phenoxy) is 2. The Morgan fingerprint density at radius 3 is 1.31 bits per heavy atom. The number of carbonyl (C=O) groups is 2. The molecule has 2 fully saturated rings. The van der Waals surface area contributed by atoms with E-state index in [-0.39, 0.29) is 12.2 Å². The fourth-order valence-electron chi connectivity index (χ4n) is 3.32. The molecule has 4 rings (SSSR count). The number of carbonyl (C=O) groups excluding carboxylic acids is 2. The average Bonchev–Trinajstić information content (AvgIpc) is 2.88. The van der Waals surface area contributed by atoms with Crippen molar-refractivity contribution in [3.63, 3.8) is 0 Å². The molecule has 172 valence electrons. The molecule has 2 aromatic carbocycles. The van der Waals surface area contributed by atoms with Gasteiger partial charge in [0, 0.05) is 52.4 Å². The molecule has 2 heterocycles. The van der Waals surface area contributed by atoms with Crippen molar-refractivity contribution in [3.05, 3.63) is 71.8 Å². The highest BCUT2D eigenvalue weighted by Gasteiger charge is 2.18. The largest absolute Gasteiger partial charge is 0.445 e. The van der Waals surface area contributed by atoms with Crippen LogP contribution >= 0.6 is 0 Å². The second kappa shape index (κ2) is 13.3. The number of hydrogen-bond donors (Lipinski definition) is 2. The van der Waals surface area contributed by atoms with E-state index in [0.717, 1.165) is 63.5 Å². The van der Waals surface area contributed by atoms with Crippen LogP contribution < -0.4 is 10.6 Å². The fourth-order valence-corrected chi connectivity index (χ4v) is 3.32. The third-order valence-corrected chi connectivity index (χ3v) is 5.16. The highest BCUT2D eigenvalue weighted by atomic mass is 16.6. The molecule has 2 aromatic rings. The predicted octanol–water partition coefficient (Wildman–Crippen LogP) is 2.46. The van der Waals surface area contributed by atoms with E-state index in [1.165, 1.54) is 0 Å². The Hall–Kier alpha value is -3.10. The van der Waals surface area contributed by atoms with Crippen LogP contribution in [0.1, 0.15) is 11.1 Å². The van der Waals surface area contributed by atoms with Gasteiger partial charge >= 0.3 is 12.2 Å². The minimum absolute atomic E-state index is 0.217. The number of benzene rings is 2. The third kappa shape index (κ3) is 8.20. The van der Waals surface area contributed by atoms with Crippen molar-refractivity contribution < 1.29 is 19.1 Å². The molecule has 2 saturated heterocycles. The Kier molecular flexibility index (Phi) is 9.82. The van der Waals surface area contributed by atoms with E-state index in [4.69, 9.17) is 9.47 Å². The van der Waals surface area contributed by atoms with Crippen molar-refractivity contribution in [2.24, 2.45) is 0 Å². The minimum Gasteiger partial charge on any atom is -0.445 e. The monoisotopic (exact) mass is 440 g/mol. The quantitative estimate of drug-likeness (QED) is 0.760. The zero-order valence-corrected chi connectivity index (χ0v) is 18.4. The average molecular weight is 441 g/mol. The van der Waals surface area contributed by atoms with Gasteiger partial charge in [-0.25, -0.2) is 9.59 Å². The van der Waals surface area contributed by atoms with Gasteiger partial charge < -0.3 is 29.9 Å². The molecule has 0 unspecified atom stereocenters. The normalized spacial score (nSPS) is 15.9. The van der Waals surface area contributed by atoms with E-state index < -0.39 is 0 Å². The summed E-state index contributed by atoms with van der Waals surface area (Å²) in [6, 6.07) is 19.4. The van der Waals surface area contributed by atoms with Gasteiger partial charge in [-0.2, -0.15) is 0 Å². The lowest BCUT2D eigenvalue weighted by Gasteiger charge is -2.26. The first kappa shape index (κ1) is 23.6. The zero-order valence-electron chi connectivity index (χ0n) is 18.4. The second-order valence-corrected chi connectivity index (χ2v) is 7.55. The summed E-state index contributed by atoms with van der Waals surface area (Å²) in [5.41, 5.74) is 2.04. The Bertz CT molecular complexity index is 738. The van der Waals surface area contributed by atoms with Crippen LogP contribution in [0.5, 0.6) is 0 Å². The molecule has 0 radical (unpaired) electrons. The van der Waals surface area contributed by atoms with E-state index in [1.807, 2.05) is 60.7 Å². The number of nitrogens with one attached hydrogen (secondary N) is 2. The summed E-state index contributed by atoms with van der Waals surface area (Å²) >= 11 is 0. The van der Waals surface area contributed by atoms with Crippen LogP contribution in [0, 0.1) is 0 Å². The lowest BCUT2D eigenvalue weighted by molar-refractivity contribution is 0.0912. The van der Waals surface area contributed by atoms with Gasteiger partial charge in [-0.1, -0.05) is 60.7 Å². The summed E-state index contributed by atoms with van der Waals surface area (Å²) in [6.07, 6.45) is -0.435. The third-order valence-electron chi connectivity index (χ3n) is 5.16. The molecule has 0 aromatic heterocycles. The first-order chi connectivity index (χ1) is 15.7. The highest BCUT2D eigenvalue weighted by molar-refractivity contribution is 5.68. The molecule has 2 aliphatic rings. The van der Waals surface area contributed by atoms with Crippen LogP contribution in [0.15, 0.2) is 60.7 Å². The van der Waals surface area contributed by atoms with Crippen LogP contribution in [0.25, 0.3) is 0 Å². The molecule has 0 atom stereocenters. The number of hydrogen-bond acceptors (Lipinski definition) is 6. The molecular weight excluding hydrogens is 408 g/mol. The van der Waals surface area contributed by atoms with E-state index in [9.17, 15) is 9.59 Å². The Morgan fingerprint density at radius 1 is 0.625 bits per heavy atom. The maximum absolute atomic E-state index is 11.6. The zero-order chi connectivity index (χ0) is 22.4. The van der Waals surface area contributed by atoms with Gasteiger partial charge in [0.15, 0.2) is 0 Å². The summed E-state index contributed by atoms with van der Waals surface area (Å²) in [5.74, 6) is 0. The SMILES string of the molecule is O=C(OCc1ccccc1)N1CCNCC1.O=C(OCc1ccccc1)N1CCNCC1. The van der Waals surface area contributed by atoms with Crippen molar-refractivity contribution in [2.75, 3.05) is 52.4 Å². The van der Waals surface area contributed by atoms with Crippen LogP contribution in [-0.4, -0.2) is 74.3 Å². The van der Waals surface area contributed by atoms with E-state index in [1.54, 1.807) is 9.80 Å². The standard InChI is InChI=1S/2C12H16N2O2/c2*15-12(14-8-6-13-7-9-14)16-10-11-4-2-1-3-5-11/h2*1-5,13H,6-10H2. The van der Waals surface area contributed by atoms with Gasteiger partial charge in [-0.3, -0.25) is 0 Å². The molecule has 8 nitrogen and oxygen atoms in total. The lowest BCUT2D eigenvalue weighted by atomic mass is 10.2. The van der Waals surface area contributed by atoms with Gasteiger partial charge in [-0.05, 0) is 11.1 Å². The lowest BCUT2D eigenvalue weighted by Crippen LogP contribution is -2.46. The number of rotatable bonds is 4. The van der Waals surface area contributed by atoms with E-state index in [0.29, 0.717) is 13.2 Å². The van der Waals surface area contributed by atoms with Gasteiger partial charge in [0.2, 0.25) is 0 Å². The highest BCUT2D eigenvalue weighted by Crippen LogP contribution is 2.05. The van der Waals surface area contributed by atoms with Crippen LogP contribution in [-0.2, 0) is 22.7 Å². The Balaban J connectivity index is 0.000000181. The summed E-state index contributed by atoms with van der Waals surface area (Å²) < 4.78 is 10.5. The van der Waals surface area contributed by atoms with Crippen LogP contribution in [0.4, 0.5) is 9.59 Å². The van der Waals surface area contributed by atoms with Gasteiger partial charge in [0.25, 0.3) is 0 Å². The number of nitrogens with zero attached hydrogens (tertiary/aromatic N) is 2. The molecular formula is C24H32N4O4. The molecule has 32 heavy (non-hydrogen) atoms. The maximum Gasteiger partial charge on any atom is 0.410 e.